The van der Waals surface area contributed by atoms with Crippen molar-refractivity contribution < 1.29 is 0 Å². The standard InChI is InChI=1S/C23H14ClN3O/c1-2-16-7-12-19(13-8-16)27-21(14-9-17-5-10-18(24)11-6-17)26-22-20(23(27)28)4-3-15-25-22/h1,3-15H/b14-9+. The first kappa shape index (κ1) is 17.7. The fraction of sp³-hybridized carbons (Fsp3) is 0. The summed E-state index contributed by atoms with van der Waals surface area (Å²) in [5.74, 6) is 3.05. The molecule has 4 nitrogen and oxygen atoms in total. The van der Waals surface area contributed by atoms with E-state index in [4.69, 9.17) is 18.0 Å². The monoisotopic (exact) mass is 383 g/mol. The fourth-order valence-electron chi connectivity index (χ4n) is 2.85. The Morgan fingerprint density at radius 3 is 2.46 bits per heavy atom. The number of benzene rings is 2. The van der Waals surface area contributed by atoms with Crippen molar-refractivity contribution in [1.29, 1.82) is 0 Å². The van der Waals surface area contributed by atoms with Crippen molar-refractivity contribution in [3.05, 3.63) is 99.2 Å². The minimum Gasteiger partial charge on any atom is -0.268 e. The number of hydrogen-bond acceptors (Lipinski definition) is 3. The summed E-state index contributed by atoms with van der Waals surface area (Å²) >= 11 is 5.94. The third-order valence-corrected chi connectivity index (χ3v) is 4.51. The lowest BCUT2D eigenvalue weighted by Gasteiger charge is -2.11. The van der Waals surface area contributed by atoms with Crippen molar-refractivity contribution in [3.63, 3.8) is 0 Å². The molecule has 5 heteroatoms. The minimum absolute atomic E-state index is 0.192. The van der Waals surface area contributed by atoms with Crippen LogP contribution in [-0.2, 0) is 0 Å². The van der Waals surface area contributed by atoms with E-state index in [2.05, 4.69) is 15.9 Å². The Labute approximate surface area is 166 Å². The van der Waals surface area contributed by atoms with Gasteiger partial charge in [0.1, 0.15) is 5.82 Å². The summed E-state index contributed by atoms with van der Waals surface area (Å²) in [6, 6.07) is 18.0. The second kappa shape index (κ2) is 7.51. The Hall–Kier alpha value is -3.68. The van der Waals surface area contributed by atoms with Gasteiger partial charge < -0.3 is 0 Å². The quantitative estimate of drug-likeness (QED) is 0.486. The van der Waals surface area contributed by atoms with Crippen molar-refractivity contribution in [2.75, 3.05) is 0 Å². The van der Waals surface area contributed by atoms with E-state index in [1.165, 1.54) is 0 Å². The molecule has 0 fully saturated rings. The molecule has 2 heterocycles. The average molecular weight is 384 g/mol. The van der Waals surface area contributed by atoms with Crippen LogP contribution in [0.3, 0.4) is 0 Å². The highest BCUT2D eigenvalue weighted by Gasteiger charge is 2.11. The molecule has 0 aliphatic heterocycles. The van der Waals surface area contributed by atoms with Gasteiger partial charge in [-0.2, -0.15) is 0 Å². The molecule has 0 atom stereocenters. The van der Waals surface area contributed by atoms with Crippen LogP contribution in [0.2, 0.25) is 5.02 Å². The van der Waals surface area contributed by atoms with Gasteiger partial charge in [-0.1, -0.05) is 35.7 Å². The van der Waals surface area contributed by atoms with Crippen molar-refractivity contribution in [1.82, 2.24) is 14.5 Å². The molecule has 4 aromatic rings. The van der Waals surface area contributed by atoms with Crippen molar-refractivity contribution in [2.24, 2.45) is 0 Å². The number of nitrogens with zero attached hydrogens (tertiary/aromatic N) is 3. The minimum atomic E-state index is -0.192. The van der Waals surface area contributed by atoms with Gasteiger partial charge in [-0.15, -0.1) is 6.42 Å². The van der Waals surface area contributed by atoms with Crippen LogP contribution in [0.15, 0.2) is 71.7 Å². The molecular weight excluding hydrogens is 370 g/mol. The first-order valence-corrected chi connectivity index (χ1v) is 8.92. The van der Waals surface area contributed by atoms with Crippen LogP contribution in [0.5, 0.6) is 0 Å². The molecule has 2 aromatic carbocycles. The molecule has 0 saturated heterocycles. The van der Waals surface area contributed by atoms with E-state index in [-0.39, 0.29) is 5.56 Å². The predicted octanol–water partition coefficient (Wildman–Crippen LogP) is 4.59. The normalized spacial score (nSPS) is 11.0. The largest absolute Gasteiger partial charge is 0.268 e. The third kappa shape index (κ3) is 3.44. The number of pyridine rings is 1. The summed E-state index contributed by atoms with van der Waals surface area (Å²) in [4.78, 5) is 22.0. The Kier molecular flexibility index (Phi) is 4.76. The van der Waals surface area contributed by atoms with E-state index in [1.807, 2.05) is 30.3 Å². The highest BCUT2D eigenvalue weighted by molar-refractivity contribution is 6.30. The van der Waals surface area contributed by atoms with E-state index >= 15 is 0 Å². The van der Waals surface area contributed by atoms with Gasteiger partial charge in [0.25, 0.3) is 5.56 Å². The van der Waals surface area contributed by atoms with Gasteiger partial charge in [0.2, 0.25) is 0 Å². The van der Waals surface area contributed by atoms with Crippen LogP contribution in [0.4, 0.5) is 0 Å². The highest BCUT2D eigenvalue weighted by atomic mass is 35.5. The van der Waals surface area contributed by atoms with E-state index in [9.17, 15) is 4.79 Å². The summed E-state index contributed by atoms with van der Waals surface area (Å²) in [6.45, 7) is 0. The molecule has 134 valence electrons. The summed E-state index contributed by atoms with van der Waals surface area (Å²) in [7, 11) is 0. The Bertz CT molecular complexity index is 1280. The first-order valence-electron chi connectivity index (χ1n) is 8.54. The molecule has 0 saturated carbocycles. The number of fused-ring (bicyclic) bond motifs is 1. The molecule has 2 aromatic heterocycles. The van der Waals surface area contributed by atoms with Gasteiger partial charge in [-0.25, -0.2) is 9.97 Å². The zero-order chi connectivity index (χ0) is 19.5. The Morgan fingerprint density at radius 2 is 1.75 bits per heavy atom. The zero-order valence-corrected chi connectivity index (χ0v) is 15.5. The molecular formula is C23H14ClN3O. The summed E-state index contributed by atoms with van der Waals surface area (Å²) in [5.41, 5.74) is 2.57. The van der Waals surface area contributed by atoms with Crippen LogP contribution in [0.25, 0.3) is 28.9 Å². The molecule has 0 bridgehead atoms. The topological polar surface area (TPSA) is 47.8 Å². The van der Waals surface area contributed by atoms with Gasteiger partial charge in [0.05, 0.1) is 11.1 Å². The number of aromatic nitrogens is 3. The second-order valence-corrected chi connectivity index (χ2v) is 6.50. The van der Waals surface area contributed by atoms with Crippen LogP contribution >= 0.6 is 11.6 Å². The van der Waals surface area contributed by atoms with Crippen molar-refractivity contribution in [2.45, 2.75) is 0 Å². The van der Waals surface area contributed by atoms with Crippen LogP contribution < -0.4 is 5.56 Å². The SMILES string of the molecule is C#Cc1ccc(-n2c(/C=C/c3ccc(Cl)cc3)nc3ncccc3c2=O)cc1. The van der Waals surface area contributed by atoms with Crippen LogP contribution in [0.1, 0.15) is 17.0 Å². The molecule has 0 amide bonds. The lowest BCUT2D eigenvalue weighted by molar-refractivity contribution is 0.937. The number of rotatable bonds is 3. The van der Waals surface area contributed by atoms with Crippen molar-refractivity contribution >= 4 is 34.8 Å². The zero-order valence-electron chi connectivity index (χ0n) is 14.7. The molecule has 0 spiro atoms. The fourth-order valence-corrected chi connectivity index (χ4v) is 2.97. The number of terminal acetylenes is 1. The van der Waals surface area contributed by atoms with E-state index < -0.39 is 0 Å². The van der Waals surface area contributed by atoms with Crippen LogP contribution in [-0.4, -0.2) is 14.5 Å². The van der Waals surface area contributed by atoms with Gasteiger partial charge in [-0.05, 0) is 60.2 Å². The summed E-state index contributed by atoms with van der Waals surface area (Å²) < 4.78 is 1.55. The lowest BCUT2D eigenvalue weighted by atomic mass is 10.2. The van der Waals surface area contributed by atoms with Crippen LogP contribution in [0, 0.1) is 12.3 Å². The number of hydrogen-bond donors (Lipinski definition) is 0. The van der Waals surface area contributed by atoms with Gasteiger partial charge in [0, 0.05) is 16.8 Å². The Morgan fingerprint density at radius 1 is 1.00 bits per heavy atom. The molecule has 0 unspecified atom stereocenters. The van der Waals surface area contributed by atoms with E-state index in [0.717, 1.165) is 11.1 Å². The Balaban J connectivity index is 1.91. The third-order valence-electron chi connectivity index (χ3n) is 4.26. The van der Waals surface area contributed by atoms with E-state index in [1.54, 1.807) is 53.2 Å². The maximum absolute atomic E-state index is 13.2. The van der Waals surface area contributed by atoms with Gasteiger partial charge in [0.15, 0.2) is 5.65 Å². The lowest BCUT2D eigenvalue weighted by Crippen LogP contribution is -2.22. The predicted molar refractivity (Wildman–Crippen MR) is 113 cm³/mol. The van der Waals surface area contributed by atoms with Gasteiger partial charge in [-0.3, -0.25) is 9.36 Å². The van der Waals surface area contributed by atoms with E-state index in [0.29, 0.717) is 27.6 Å². The number of halogens is 1. The molecule has 0 radical (unpaired) electrons. The molecule has 0 N–H and O–H groups in total. The molecule has 28 heavy (non-hydrogen) atoms. The second-order valence-electron chi connectivity index (χ2n) is 6.06. The maximum Gasteiger partial charge on any atom is 0.267 e. The molecule has 4 rings (SSSR count). The summed E-state index contributed by atoms with van der Waals surface area (Å²) in [5, 5.41) is 1.11. The molecule has 0 aliphatic carbocycles. The maximum atomic E-state index is 13.2. The van der Waals surface area contributed by atoms with Gasteiger partial charge >= 0.3 is 0 Å². The molecule has 0 aliphatic rings. The average Bonchev–Trinajstić information content (AvgIpc) is 2.74. The van der Waals surface area contributed by atoms with Crippen molar-refractivity contribution in [3.8, 4) is 18.0 Å². The first-order chi connectivity index (χ1) is 13.7. The smallest absolute Gasteiger partial charge is 0.267 e. The summed E-state index contributed by atoms with van der Waals surface area (Å²) in [6.07, 6.45) is 10.7. The highest BCUT2D eigenvalue weighted by Crippen LogP contribution is 2.16.